The molecule has 6 heteroatoms. The lowest BCUT2D eigenvalue weighted by Gasteiger charge is -2.32. The standard InChI is InChI=1S/C14H14O6/c1-2-6-10-14(20-12(6)17)4-3-7-8(11(15)16)5-18-13(19-10)9(7)14/h3-7,9-10,13H,2H2,1H3,(H,15,16)/t6-,7+,9+,10+,13+,14-/m1/s1. The number of ether oxygens (including phenoxy) is 3. The molecule has 0 aromatic heterocycles. The van der Waals surface area contributed by atoms with Gasteiger partial charge in [0, 0.05) is 5.92 Å². The molecule has 2 fully saturated rings. The Morgan fingerprint density at radius 1 is 1.50 bits per heavy atom. The van der Waals surface area contributed by atoms with Crippen molar-refractivity contribution in [2.24, 2.45) is 17.8 Å². The lowest BCUT2D eigenvalue weighted by atomic mass is 9.77. The maximum absolute atomic E-state index is 12.0. The molecule has 3 heterocycles. The van der Waals surface area contributed by atoms with E-state index in [0.29, 0.717) is 6.42 Å². The largest absolute Gasteiger partial charge is 0.478 e. The number of carbonyl (C=O) groups is 2. The smallest absolute Gasteiger partial charge is 0.335 e. The molecule has 2 saturated heterocycles. The molecular weight excluding hydrogens is 264 g/mol. The van der Waals surface area contributed by atoms with Crippen LogP contribution in [-0.4, -0.2) is 35.0 Å². The molecular formula is C14H14O6. The van der Waals surface area contributed by atoms with E-state index in [0.717, 1.165) is 0 Å². The van der Waals surface area contributed by atoms with Gasteiger partial charge < -0.3 is 19.3 Å². The van der Waals surface area contributed by atoms with Crippen LogP contribution in [0.5, 0.6) is 0 Å². The molecule has 4 aliphatic rings. The number of allylic oxidation sites excluding steroid dienone is 1. The summed E-state index contributed by atoms with van der Waals surface area (Å²) in [6.45, 7) is 1.91. The average molecular weight is 278 g/mol. The van der Waals surface area contributed by atoms with Crippen LogP contribution in [0.25, 0.3) is 0 Å². The third-order valence-corrected chi connectivity index (χ3v) is 4.81. The van der Waals surface area contributed by atoms with Gasteiger partial charge in [-0.2, -0.15) is 0 Å². The molecule has 1 aliphatic carbocycles. The van der Waals surface area contributed by atoms with Gasteiger partial charge in [-0.3, -0.25) is 4.79 Å². The van der Waals surface area contributed by atoms with Crippen molar-refractivity contribution in [2.45, 2.75) is 31.3 Å². The summed E-state index contributed by atoms with van der Waals surface area (Å²) in [5, 5.41) is 9.24. The van der Waals surface area contributed by atoms with Crippen LogP contribution in [0, 0.1) is 17.8 Å². The lowest BCUT2D eigenvalue weighted by molar-refractivity contribution is -0.162. The minimum Gasteiger partial charge on any atom is -0.478 e. The topological polar surface area (TPSA) is 82.1 Å². The zero-order valence-electron chi connectivity index (χ0n) is 10.8. The summed E-state index contributed by atoms with van der Waals surface area (Å²) in [5.74, 6) is -2.24. The van der Waals surface area contributed by atoms with E-state index in [-0.39, 0.29) is 29.3 Å². The minimum atomic E-state index is -1.02. The van der Waals surface area contributed by atoms with E-state index in [1.165, 1.54) is 6.26 Å². The number of esters is 1. The van der Waals surface area contributed by atoms with Crippen molar-refractivity contribution < 1.29 is 28.9 Å². The van der Waals surface area contributed by atoms with Gasteiger partial charge in [-0.05, 0) is 12.5 Å². The fraction of sp³-hybridized carbons (Fsp3) is 0.571. The highest BCUT2D eigenvalue weighted by Gasteiger charge is 2.71. The Labute approximate surface area is 115 Å². The summed E-state index contributed by atoms with van der Waals surface area (Å²) < 4.78 is 16.9. The predicted molar refractivity (Wildman–Crippen MR) is 64.2 cm³/mol. The van der Waals surface area contributed by atoms with Crippen LogP contribution in [-0.2, 0) is 23.8 Å². The van der Waals surface area contributed by atoms with Crippen LogP contribution in [0.3, 0.4) is 0 Å². The number of carboxylic acids is 1. The predicted octanol–water partition coefficient (Wildman–Crippen LogP) is 0.834. The summed E-state index contributed by atoms with van der Waals surface area (Å²) in [4.78, 5) is 23.3. The first-order valence-corrected chi connectivity index (χ1v) is 6.75. The van der Waals surface area contributed by atoms with Gasteiger partial charge in [-0.15, -0.1) is 0 Å². The molecule has 20 heavy (non-hydrogen) atoms. The monoisotopic (exact) mass is 278 g/mol. The number of hydrogen-bond donors (Lipinski definition) is 1. The van der Waals surface area contributed by atoms with Crippen molar-refractivity contribution in [1.82, 2.24) is 0 Å². The molecule has 0 unspecified atom stereocenters. The molecule has 0 saturated carbocycles. The van der Waals surface area contributed by atoms with Gasteiger partial charge in [-0.25, -0.2) is 4.79 Å². The minimum absolute atomic E-state index is 0.180. The Hall–Kier alpha value is -1.82. The molecule has 0 amide bonds. The third kappa shape index (κ3) is 1.18. The van der Waals surface area contributed by atoms with Crippen LogP contribution in [0.15, 0.2) is 24.0 Å². The van der Waals surface area contributed by atoms with Crippen molar-refractivity contribution in [3.05, 3.63) is 24.0 Å². The van der Waals surface area contributed by atoms with Crippen molar-refractivity contribution in [1.29, 1.82) is 0 Å². The van der Waals surface area contributed by atoms with Crippen LogP contribution in [0.2, 0.25) is 0 Å². The molecule has 1 spiro atoms. The Balaban J connectivity index is 1.78. The van der Waals surface area contributed by atoms with E-state index in [4.69, 9.17) is 14.2 Å². The van der Waals surface area contributed by atoms with Gasteiger partial charge in [0.15, 0.2) is 5.60 Å². The molecule has 4 rings (SSSR count). The quantitative estimate of drug-likeness (QED) is 0.595. The third-order valence-electron chi connectivity index (χ3n) is 4.81. The van der Waals surface area contributed by atoms with Gasteiger partial charge in [0.25, 0.3) is 0 Å². The summed E-state index contributed by atoms with van der Waals surface area (Å²) >= 11 is 0. The maximum atomic E-state index is 12.0. The molecule has 0 bridgehead atoms. The van der Waals surface area contributed by atoms with Gasteiger partial charge in [0.05, 0.1) is 23.7 Å². The van der Waals surface area contributed by atoms with Crippen LogP contribution < -0.4 is 0 Å². The van der Waals surface area contributed by atoms with Crippen molar-refractivity contribution >= 4 is 11.9 Å². The number of hydrogen-bond acceptors (Lipinski definition) is 5. The maximum Gasteiger partial charge on any atom is 0.335 e. The summed E-state index contributed by atoms with van der Waals surface area (Å²) in [6, 6.07) is 0. The summed E-state index contributed by atoms with van der Waals surface area (Å²) in [7, 11) is 0. The Bertz CT molecular complexity index is 564. The van der Waals surface area contributed by atoms with Gasteiger partial charge in [-0.1, -0.05) is 13.0 Å². The van der Waals surface area contributed by atoms with Crippen LogP contribution >= 0.6 is 0 Å². The van der Waals surface area contributed by atoms with Crippen LogP contribution in [0.1, 0.15) is 13.3 Å². The molecule has 3 aliphatic heterocycles. The van der Waals surface area contributed by atoms with E-state index >= 15 is 0 Å². The molecule has 1 N–H and O–H groups in total. The van der Waals surface area contributed by atoms with E-state index in [9.17, 15) is 14.7 Å². The Kier molecular flexibility index (Phi) is 2.17. The van der Waals surface area contributed by atoms with E-state index in [1.54, 1.807) is 12.2 Å². The van der Waals surface area contributed by atoms with Crippen LogP contribution in [0.4, 0.5) is 0 Å². The van der Waals surface area contributed by atoms with Crippen molar-refractivity contribution in [3.63, 3.8) is 0 Å². The number of rotatable bonds is 2. The summed E-state index contributed by atoms with van der Waals surface area (Å²) in [5.41, 5.74) is -0.679. The number of carboxylic acid groups (broad SMARTS) is 1. The fourth-order valence-electron chi connectivity index (χ4n) is 3.92. The normalized spacial score (nSPS) is 47.4. The average Bonchev–Trinajstić information content (AvgIpc) is 3.00. The molecule has 0 aromatic carbocycles. The number of carbonyl (C=O) groups excluding carboxylic acids is 1. The Morgan fingerprint density at radius 2 is 2.30 bits per heavy atom. The first-order chi connectivity index (χ1) is 9.58. The van der Waals surface area contributed by atoms with Crippen molar-refractivity contribution in [2.75, 3.05) is 0 Å². The van der Waals surface area contributed by atoms with Gasteiger partial charge in [0.2, 0.25) is 6.29 Å². The zero-order valence-corrected chi connectivity index (χ0v) is 10.8. The number of aliphatic carboxylic acids is 1. The molecule has 106 valence electrons. The highest BCUT2D eigenvalue weighted by Crippen LogP contribution is 2.58. The Morgan fingerprint density at radius 3 is 3.00 bits per heavy atom. The molecule has 0 radical (unpaired) electrons. The molecule has 0 aromatic rings. The van der Waals surface area contributed by atoms with E-state index < -0.39 is 24.0 Å². The SMILES string of the molecule is CC[C@H]1C(=O)O[C@@]23C=C[C@H]4C(C(=O)O)=CO[C@@H](O[C@@H]12)[C@H]43. The van der Waals surface area contributed by atoms with E-state index in [1.807, 2.05) is 6.92 Å². The highest BCUT2D eigenvalue weighted by molar-refractivity contribution is 5.88. The first-order valence-electron chi connectivity index (χ1n) is 6.75. The molecule has 6 nitrogen and oxygen atoms in total. The second-order valence-corrected chi connectivity index (χ2v) is 5.64. The fourth-order valence-corrected chi connectivity index (χ4v) is 3.92. The van der Waals surface area contributed by atoms with Gasteiger partial charge >= 0.3 is 11.9 Å². The highest BCUT2D eigenvalue weighted by atomic mass is 16.7. The van der Waals surface area contributed by atoms with Crippen molar-refractivity contribution in [3.8, 4) is 0 Å². The zero-order chi connectivity index (χ0) is 14.1. The first kappa shape index (κ1) is 12.0. The molecule has 6 atom stereocenters. The van der Waals surface area contributed by atoms with E-state index in [2.05, 4.69) is 0 Å². The second-order valence-electron chi connectivity index (χ2n) is 5.64. The lowest BCUT2D eigenvalue weighted by Crippen LogP contribution is -2.43. The summed E-state index contributed by atoms with van der Waals surface area (Å²) in [6.07, 6.45) is 4.54. The second kappa shape index (κ2) is 3.63. The van der Waals surface area contributed by atoms with Gasteiger partial charge in [0.1, 0.15) is 6.10 Å².